The molecule has 0 amide bonds. The number of carbonyl (C=O) groups is 2. The van der Waals surface area contributed by atoms with E-state index < -0.39 is 75.7 Å². The van der Waals surface area contributed by atoms with Gasteiger partial charge in [0.25, 0.3) is 0 Å². The van der Waals surface area contributed by atoms with Crippen molar-refractivity contribution in [2.24, 2.45) is 0 Å². The predicted molar refractivity (Wildman–Crippen MR) is 230 cm³/mol. The number of aliphatic hydroxyl groups excluding tert-OH is 5. The van der Waals surface area contributed by atoms with Crippen LogP contribution in [0.5, 0.6) is 0 Å². The van der Waals surface area contributed by atoms with Gasteiger partial charge in [0.1, 0.15) is 43.2 Å². The van der Waals surface area contributed by atoms with Gasteiger partial charge in [-0.25, -0.2) is 4.57 Å². The molecule has 14 heteroatoms. The number of esters is 2. The Morgan fingerprint density at radius 1 is 0.525 bits per heavy atom. The molecule has 0 aromatic rings. The quantitative estimate of drug-likeness (QED) is 0.0150. The van der Waals surface area contributed by atoms with Gasteiger partial charge in [0, 0.05) is 12.8 Å². The lowest BCUT2D eigenvalue weighted by Crippen LogP contribution is -2.64. The Balaban J connectivity index is 2.52. The summed E-state index contributed by atoms with van der Waals surface area (Å²) >= 11 is 0. The fourth-order valence-corrected chi connectivity index (χ4v) is 7.72. The van der Waals surface area contributed by atoms with Crippen LogP contribution in [0, 0.1) is 0 Å². The number of phosphoric acid groups is 1. The van der Waals surface area contributed by atoms with Crippen LogP contribution in [0.1, 0.15) is 181 Å². The second kappa shape index (κ2) is 35.6. The van der Waals surface area contributed by atoms with Crippen molar-refractivity contribution in [3.63, 3.8) is 0 Å². The van der Waals surface area contributed by atoms with Crippen LogP contribution in [-0.2, 0) is 32.7 Å². The summed E-state index contributed by atoms with van der Waals surface area (Å²) in [5, 5.41) is 50.1. The van der Waals surface area contributed by atoms with E-state index in [1.807, 2.05) is 6.08 Å². The lowest BCUT2D eigenvalue weighted by atomic mass is 9.85. The van der Waals surface area contributed by atoms with Crippen molar-refractivity contribution in [3.05, 3.63) is 36.5 Å². The van der Waals surface area contributed by atoms with Crippen LogP contribution in [0.4, 0.5) is 0 Å². The molecule has 0 spiro atoms. The Morgan fingerprint density at radius 2 is 0.949 bits per heavy atom. The molecular formula is C45H81O13P. The first-order valence-corrected chi connectivity index (χ1v) is 24.3. The lowest BCUT2D eigenvalue weighted by molar-refractivity contribution is -0.220. The normalized spacial score (nSPS) is 22.6. The summed E-state index contributed by atoms with van der Waals surface area (Å²) in [5.74, 6) is -1.19. The highest BCUT2D eigenvalue weighted by atomic mass is 31.2. The van der Waals surface area contributed by atoms with Crippen LogP contribution in [0.3, 0.4) is 0 Å². The van der Waals surface area contributed by atoms with Gasteiger partial charge in [0.15, 0.2) is 6.10 Å². The van der Waals surface area contributed by atoms with Gasteiger partial charge in [0.05, 0.1) is 6.61 Å². The molecule has 0 bridgehead atoms. The number of phosphoric ester groups is 1. The van der Waals surface area contributed by atoms with E-state index in [2.05, 4.69) is 44.2 Å². The van der Waals surface area contributed by atoms with Crippen molar-refractivity contribution in [2.75, 3.05) is 13.2 Å². The topological polar surface area (TPSA) is 210 Å². The first-order valence-electron chi connectivity index (χ1n) is 22.8. The molecule has 1 rings (SSSR count). The minimum Gasteiger partial charge on any atom is -0.462 e. The number of aliphatic hydroxyl groups is 5. The number of allylic oxidation sites excluding steroid dienone is 6. The highest BCUT2D eigenvalue weighted by Crippen LogP contribution is 2.47. The van der Waals surface area contributed by atoms with Gasteiger partial charge < -0.3 is 39.9 Å². The number of rotatable bonds is 37. The molecule has 0 aromatic heterocycles. The molecule has 1 aliphatic rings. The van der Waals surface area contributed by atoms with Gasteiger partial charge in [0.2, 0.25) is 0 Å². The lowest BCUT2D eigenvalue weighted by Gasteiger charge is -2.41. The van der Waals surface area contributed by atoms with Crippen LogP contribution in [0.25, 0.3) is 0 Å². The molecule has 0 saturated heterocycles. The molecule has 8 atom stereocenters. The van der Waals surface area contributed by atoms with E-state index in [1.165, 1.54) is 103 Å². The van der Waals surface area contributed by atoms with Gasteiger partial charge in [-0.2, -0.15) is 0 Å². The fraction of sp³-hybridized carbons (Fsp3) is 0.822. The molecule has 0 aromatic carbocycles. The van der Waals surface area contributed by atoms with Crippen molar-refractivity contribution in [1.29, 1.82) is 0 Å². The Bertz CT molecular complexity index is 1180. The zero-order valence-corrected chi connectivity index (χ0v) is 37.2. The minimum atomic E-state index is -5.13. The van der Waals surface area contributed by atoms with Crippen molar-refractivity contribution in [2.45, 2.75) is 224 Å². The maximum Gasteiger partial charge on any atom is 0.472 e. The van der Waals surface area contributed by atoms with Gasteiger partial charge in [-0.1, -0.05) is 147 Å². The van der Waals surface area contributed by atoms with E-state index >= 15 is 0 Å². The predicted octanol–water partition coefficient (Wildman–Crippen LogP) is 8.61. The molecule has 0 radical (unpaired) electrons. The van der Waals surface area contributed by atoms with Crippen molar-refractivity contribution in [1.82, 2.24) is 0 Å². The molecule has 0 aliphatic heterocycles. The van der Waals surface area contributed by atoms with Crippen molar-refractivity contribution in [3.8, 4) is 0 Å². The average molecular weight is 861 g/mol. The third-order valence-electron chi connectivity index (χ3n) is 10.5. The standard InChI is InChI=1S/C45H81O13P/c1-3-5-7-9-11-13-15-17-19-21-23-25-27-29-31-33-38(46)55-35-37(36-56-59(53,54)58-45-43(51)41(49)40(48)42(50)44(45)52)57-39(47)34-32-30-28-26-24-22-20-18-16-14-12-10-8-6-4-2/h18,20,24,26-27,29,37,40-45,48-52H,3-17,19,21-23,25,28,30-36H2,1-2H3,(H,53,54)/b20-18+,26-24+,29-27+/t37-,40?,41-,42?,43?,44?,45?/m1/s1. The van der Waals surface area contributed by atoms with Gasteiger partial charge >= 0.3 is 19.8 Å². The molecule has 1 fully saturated rings. The molecule has 344 valence electrons. The molecule has 1 aliphatic carbocycles. The minimum absolute atomic E-state index is 0.0478. The second-order valence-electron chi connectivity index (χ2n) is 15.9. The van der Waals surface area contributed by atoms with Crippen LogP contribution in [0.2, 0.25) is 0 Å². The molecule has 6 unspecified atom stereocenters. The Labute approximate surface area is 355 Å². The number of carbonyl (C=O) groups excluding carboxylic acids is 2. The maximum absolute atomic E-state index is 12.8. The maximum atomic E-state index is 12.8. The fourth-order valence-electron chi connectivity index (χ4n) is 6.75. The van der Waals surface area contributed by atoms with E-state index in [0.29, 0.717) is 12.8 Å². The highest BCUT2D eigenvalue weighted by Gasteiger charge is 2.51. The summed E-state index contributed by atoms with van der Waals surface area (Å²) in [7, 11) is -5.13. The molecule has 0 heterocycles. The number of unbranched alkanes of at least 4 members (excludes halogenated alkanes) is 19. The van der Waals surface area contributed by atoms with E-state index in [9.17, 15) is 44.6 Å². The third-order valence-corrected chi connectivity index (χ3v) is 11.5. The van der Waals surface area contributed by atoms with Crippen LogP contribution in [0.15, 0.2) is 36.5 Å². The van der Waals surface area contributed by atoms with Crippen LogP contribution < -0.4 is 0 Å². The summed E-state index contributed by atoms with van der Waals surface area (Å²) in [6.07, 6.45) is 26.5. The molecular weight excluding hydrogens is 779 g/mol. The smallest absolute Gasteiger partial charge is 0.462 e. The average Bonchev–Trinajstić information content (AvgIpc) is 3.21. The summed E-state index contributed by atoms with van der Waals surface area (Å²) in [4.78, 5) is 35.6. The summed E-state index contributed by atoms with van der Waals surface area (Å²) in [6.45, 7) is 3.23. The SMILES string of the molecule is CCCCCCCC/C=C/C/C=C/CCCCC(=O)O[C@H](COC(=O)CC/C=C/CCCCCCCCCCCCC)COP(=O)(O)OC1C(O)C(O)C(O)[C@@H](O)C1O. The second-order valence-corrected chi connectivity index (χ2v) is 17.3. The van der Waals surface area contributed by atoms with E-state index in [4.69, 9.17) is 18.5 Å². The molecule has 13 nitrogen and oxygen atoms in total. The van der Waals surface area contributed by atoms with E-state index in [1.54, 1.807) is 0 Å². The van der Waals surface area contributed by atoms with Gasteiger partial charge in [-0.3, -0.25) is 18.6 Å². The number of hydrogen-bond donors (Lipinski definition) is 6. The summed E-state index contributed by atoms with van der Waals surface area (Å²) < 4.78 is 33.4. The van der Waals surface area contributed by atoms with Crippen LogP contribution in [-0.4, -0.2) is 98.3 Å². The zero-order chi connectivity index (χ0) is 43.6. The van der Waals surface area contributed by atoms with Gasteiger partial charge in [-0.05, 0) is 57.8 Å². The van der Waals surface area contributed by atoms with Crippen molar-refractivity contribution >= 4 is 19.8 Å². The zero-order valence-electron chi connectivity index (χ0n) is 36.3. The number of ether oxygens (including phenoxy) is 2. The highest BCUT2D eigenvalue weighted by molar-refractivity contribution is 7.47. The first-order chi connectivity index (χ1) is 28.4. The summed E-state index contributed by atoms with van der Waals surface area (Å²) in [6, 6.07) is 0. The molecule has 59 heavy (non-hydrogen) atoms. The Kier molecular flexibility index (Phi) is 33.3. The molecule has 6 N–H and O–H groups in total. The third kappa shape index (κ3) is 28.3. The molecule has 1 saturated carbocycles. The Hall–Kier alpha value is -1.93. The monoisotopic (exact) mass is 861 g/mol. The summed E-state index contributed by atoms with van der Waals surface area (Å²) in [5.41, 5.74) is 0. The Morgan fingerprint density at radius 3 is 1.46 bits per heavy atom. The largest absolute Gasteiger partial charge is 0.472 e. The van der Waals surface area contributed by atoms with Gasteiger partial charge in [-0.15, -0.1) is 0 Å². The van der Waals surface area contributed by atoms with E-state index in [-0.39, 0.29) is 12.8 Å². The van der Waals surface area contributed by atoms with Crippen LogP contribution >= 0.6 is 7.82 Å². The first kappa shape index (κ1) is 55.1. The van der Waals surface area contributed by atoms with E-state index in [0.717, 1.165) is 38.5 Å². The van der Waals surface area contributed by atoms with Crippen molar-refractivity contribution < 1.29 is 63.1 Å². The number of hydrogen-bond acceptors (Lipinski definition) is 12.